The molecule has 0 aliphatic carbocycles. The van der Waals surface area contributed by atoms with Crippen LogP contribution in [0.3, 0.4) is 0 Å². The van der Waals surface area contributed by atoms with Crippen LogP contribution in [0.1, 0.15) is 12.8 Å². The summed E-state index contributed by atoms with van der Waals surface area (Å²) in [4.78, 5) is 10.1. The fourth-order valence-corrected chi connectivity index (χ4v) is 4.04. The van der Waals surface area contributed by atoms with Crippen LogP contribution in [0.15, 0.2) is 41.6 Å². The van der Waals surface area contributed by atoms with Gasteiger partial charge in [-0.15, -0.1) is 0 Å². The number of benzene rings is 1. The Labute approximate surface area is 144 Å². The highest BCUT2D eigenvalue weighted by molar-refractivity contribution is 7.89. The maximum absolute atomic E-state index is 13.3. The highest BCUT2D eigenvalue weighted by Gasteiger charge is 2.26. The zero-order valence-electron chi connectivity index (χ0n) is 12.7. The van der Waals surface area contributed by atoms with Crippen molar-refractivity contribution in [2.24, 2.45) is 0 Å². The molecule has 0 spiro atoms. The quantitative estimate of drug-likeness (QED) is 0.893. The van der Waals surface area contributed by atoms with Crippen molar-refractivity contribution in [1.82, 2.24) is 14.7 Å². The van der Waals surface area contributed by atoms with Gasteiger partial charge >= 0.3 is 0 Å². The lowest BCUT2D eigenvalue weighted by Gasteiger charge is -2.32. The van der Waals surface area contributed by atoms with Crippen LogP contribution in [0.2, 0.25) is 5.02 Å². The Hall–Kier alpha value is -1.77. The lowest BCUT2D eigenvalue weighted by Crippen LogP contribution is -2.48. The maximum Gasteiger partial charge on any atom is 0.240 e. The predicted molar refractivity (Wildman–Crippen MR) is 89.0 cm³/mol. The molecule has 1 atom stereocenters. The minimum Gasteiger partial charge on any atom is -0.339 e. The molecule has 1 fully saturated rings. The van der Waals surface area contributed by atoms with Gasteiger partial charge in [0.05, 0.1) is 22.3 Å². The van der Waals surface area contributed by atoms with E-state index in [0.29, 0.717) is 23.9 Å². The molecule has 0 amide bonds. The molecule has 2 heterocycles. The van der Waals surface area contributed by atoms with Crippen molar-refractivity contribution in [3.8, 4) is 0 Å². The molecular weight excluding hydrogens is 355 g/mol. The second kappa shape index (κ2) is 7.00. The molecule has 0 bridgehead atoms. The second-order valence-electron chi connectivity index (χ2n) is 5.57. The van der Waals surface area contributed by atoms with Gasteiger partial charge in [-0.1, -0.05) is 17.7 Å². The van der Waals surface area contributed by atoms with Crippen LogP contribution in [0.5, 0.6) is 0 Å². The van der Waals surface area contributed by atoms with Crippen molar-refractivity contribution >= 4 is 27.6 Å². The molecular formula is C15H16ClFN4O2S. The summed E-state index contributed by atoms with van der Waals surface area (Å²) in [5.74, 6) is -0.0771. The van der Waals surface area contributed by atoms with Crippen molar-refractivity contribution in [2.45, 2.75) is 23.8 Å². The predicted octanol–water partition coefficient (Wildman–Crippen LogP) is 2.22. The van der Waals surface area contributed by atoms with Crippen LogP contribution in [0.4, 0.5) is 10.3 Å². The third kappa shape index (κ3) is 4.00. The smallest absolute Gasteiger partial charge is 0.240 e. The number of anilines is 1. The van der Waals surface area contributed by atoms with E-state index in [9.17, 15) is 12.8 Å². The number of sulfonamides is 1. The van der Waals surface area contributed by atoms with Crippen LogP contribution in [-0.2, 0) is 10.0 Å². The number of halogens is 2. The standard InChI is InChI=1S/C15H16ClFN4O2S/c16-11-8-18-15(19-9-11)21-6-2-4-13(10-21)20-24(22,23)14-5-1-3-12(17)7-14/h1,3,5,7-9,13,20H,2,4,6,10H2. The molecule has 1 N–H and O–H groups in total. The Balaban J connectivity index is 1.72. The molecule has 1 aromatic heterocycles. The van der Waals surface area contributed by atoms with Gasteiger partial charge in [0.1, 0.15) is 5.82 Å². The number of rotatable bonds is 4. The van der Waals surface area contributed by atoms with Crippen LogP contribution in [-0.4, -0.2) is 37.5 Å². The molecule has 1 unspecified atom stereocenters. The molecule has 1 aliphatic rings. The van der Waals surface area contributed by atoms with E-state index in [2.05, 4.69) is 14.7 Å². The van der Waals surface area contributed by atoms with Gasteiger partial charge in [0, 0.05) is 19.1 Å². The average Bonchev–Trinajstić information content (AvgIpc) is 2.55. The Kier molecular flexibility index (Phi) is 4.98. The van der Waals surface area contributed by atoms with Gasteiger partial charge in [0.2, 0.25) is 16.0 Å². The summed E-state index contributed by atoms with van der Waals surface area (Å²) in [6, 6.07) is 4.66. The van der Waals surface area contributed by atoms with E-state index in [1.54, 1.807) is 0 Å². The van der Waals surface area contributed by atoms with Gasteiger partial charge in [-0.25, -0.2) is 27.5 Å². The molecule has 0 radical (unpaired) electrons. The lowest BCUT2D eigenvalue weighted by molar-refractivity contribution is 0.461. The molecule has 2 aromatic rings. The largest absolute Gasteiger partial charge is 0.339 e. The van der Waals surface area contributed by atoms with Crippen LogP contribution in [0.25, 0.3) is 0 Å². The van der Waals surface area contributed by atoms with Crippen molar-refractivity contribution in [3.05, 3.63) is 47.5 Å². The lowest BCUT2D eigenvalue weighted by atomic mass is 10.1. The van der Waals surface area contributed by atoms with E-state index in [-0.39, 0.29) is 10.9 Å². The monoisotopic (exact) mass is 370 g/mol. The Morgan fingerprint density at radius 2 is 2.04 bits per heavy atom. The number of nitrogens with one attached hydrogen (secondary N) is 1. The van der Waals surface area contributed by atoms with Gasteiger partial charge in [0.25, 0.3) is 0 Å². The van der Waals surface area contributed by atoms with E-state index < -0.39 is 15.8 Å². The topological polar surface area (TPSA) is 75.2 Å². The third-order valence-electron chi connectivity index (χ3n) is 3.74. The third-order valence-corrected chi connectivity index (χ3v) is 5.45. The summed E-state index contributed by atoms with van der Waals surface area (Å²) in [7, 11) is -3.77. The summed E-state index contributed by atoms with van der Waals surface area (Å²) in [5, 5.41) is 0.444. The Bertz CT molecular complexity index is 816. The minimum atomic E-state index is -3.77. The highest BCUT2D eigenvalue weighted by atomic mass is 35.5. The first-order valence-corrected chi connectivity index (χ1v) is 9.30. The first kappa shape index (κ1) is 17.1. The maximum atomic E-state index is 13.3. The fourth-order valence-electron chi connectivity index (χ4n) is 2.65. The van der Waals surface area contributed by atoms with Crippen LogP contribution >= 0.6 is 11.6 Å². The Morgan fingerprint density at radius 1 is 1.29 bits per heavy atom. The van der Waals surface area contributed by atoms with E-state index >= 15 is 0 Å². The van der Waals surface area contributed by atoms with Crippen molar-refractivity contribution in [2.75, 3.05) is 18.0 Å². The van der Waals surface area contributed by atoms with Crippen LogP contribution < -0.4 is 9.62 Å². The number of nitrogens with zero attached hydrogens (tertiary/aromatic N) is 3. The molecule has 1 aliphatic heterocycles. The normalized spacial score (nSPS) is 18.6. The van der Waals surface area contributed by atoms with Crippen LogP contribution in [0, 0.1) is 5.82 Å². The highest BCUT2D eigenvalue weighted by Crippen LogP contribution is 2.19. The zero-order valence-corrected chi connectivity index (χ0v) is 14.3. The van der Waals surface area contributed by atoms with Gasteiger partial charge in [-0.05, 0) is 31.0 Å². The van der Waals surface area contributed by atoms with Gasteiger partial charge in [-0.2, -0.15) is 0 Å². The summed E-state index contributed by atoms with van der Waals surface area (Å²) < 4.78 is 40.7. The average molecular weight is 371 g/mol. The Morgan fingerprint density at radius 3 is 2.75 bits per heavy atom. The minimum absolute atomic E-state index is 0.0811. The first-order chi connectivity index (χ1) is 11.4. The first-order valence-electron chi connectivity index (χ1n) is 7.44. The molecule has 1 saturated heterocycles. The number of hydrogen-bond acceptors (Lipinski definition) is 5. The SMILES string of the molecule is O=S(=O)(NC1CCCN(c2ncc(Cl)cn2)C1)c1cccc(F)c1. The van der Waals surface area contributed by atoms with Crippen molar-refractivity contribution in [3.63, 3.8) is 0 Å². The molecule has 0 saturated carbocycles. The van der Waals surface area contributed by atoms with Gasteiger partial charge in [-0.3, -0.25) is 0 Å². The summed E-state index contributed by atoms with van der Waals surface area (Å²) in [5.41, 5.74) is 0. The second-order valence-corrected chi connectivity index (χ2v) is 7.72. The van der Waals surface area contributed by atoms with E-state index in [1.165, 1.54) is 30.6 Å². The molecule has 128 valence electrons. The number of piperidine rings is 1. The van der Waals surface area contributed by atoms with Crippen molar-refractivity contribution < 1.29 is 12.8 Å². The molecule has 24 heavy (non-hydrogen) atoms. The molecule has 3 rings (SSSR count). The number of aromatic nitrogens is 2. The van der Waals surface area contributed by atoms with E-state index in [4.69, 9.17) is 11.6 Å². The summed E-state index contributed by atoms with van der Waals surface area (Å²) in [6.07, 6.45) is 4.50. The summed E-state index contributed by atoms with van der Waals surface area (Å²) >= 11 is 5.78. The van der Waals surface area contributed by atoms with E-state index in [1.807, 2.05) is 4.90 Å². The number of hydrogen-bond donors (Lipinski definition) is 1. The summed E-state index contributed by atoms with van der Waals surface area (Å²) in [6.45, 7) is 1.18. The molecule has 6 nitrogen and oxygen atoms in total. The van der Waals surface area contributed by atoms with Crippen molar-refractivity contribution in [1.29, 1.82) is 0 Å². The molecule has 1 aromatic carbocycles. The zero-order chi connectivity index (χ0) is 17.2. The molecule has 9 heteroatoms. The van der Waals surface area contributed by atoms with Gasteiger partial charge in [0.15, 0.2) is 0 Å². The van der Waals surface area contributed by atoms with Gasteiger partial charge < -0.3 is 4.90 Å². The fraction of sp³-hybridized carbons (Fsp3) is 0.333. The van der Waals surface area contributed by atoms with E-state index in [0.717, 1.165) is 19.0 Å².